The highest BCUT2D eigenvalue weighted by molar-refractivity contribution is 6.02. The van der Waals surface area contributed by atoms with Crippen molar-refractivity contribution in [3.05, 3.63) is 90.1 Å². The maximum Gasteiger partial charge on any atom is 0.326 e. The fourth-order valence-electron chi connectivity index (χ4n) is 5.77. The number of benzene rings is 2. The van der Waals surface area contributed by atoms with Crippen LogP contribution in [0, 0.1) is 0 Å². The normalized spacial score (nSPS) is 19.1. The summed E-state index contributed by atoms with van der Waals surface area (Å²) in [6, 6.07) is 15.8. The van der Waals surface area contributed by atoms with E-state index in [2.05, 4.69) is 47.0 Å². The fraction of sp³-hybridized carbons (Fsp3) is 0.290. The average Bonchev–Trinajstić information content (AvgIpc) is 2.99. The highest BCUT2D eigenvalue weighted by Crippen LogP contribution is 2.41. The van der Waals surface area contributed by atoms with E-state index >= 15 is 0 Å². The number of carbonyl (C=O) groups excluding carboxylic acids is 2. The quantitative estimate of drug-likeness (QED) is 0.464. The molecule has 9 nitrogen and oxygen atoms in total. The van der Waals surface area contributed by atoms with Crippen LogP contribution in [-0.2, 0) is 11.3 Å². The first kappa shape index (κ1) is 25.8. The van der Waals surface area contributed by atoms with Gasteiger partial charge in [0.25, 0.3) is 0 Å². The van der Waals surface area contributed by atoms with E-state index in [1.165, 1.54) is 17.2 Å². The predicted octanol–water partition coefficient (Wildman–Crippen LogP) is 4.97. The molecule has 3 aliphatic heterocycles. The Hall–Kier alpha value is -4.50. The van der Waals surface area contributed by atoms with Gasteiger partial charge in [-0.05, 0) is 60.9 Å². The fourth-order valence-corrected chi connectivity index (χ4v) is 5.77. The number of anilines is 4. The first-order valence-electron chi connectivity index (χ1n) is 13.6. The minimum absolute atomic E-state index is 0.129. The molecule has 1 aromatic heterocycles. The largest absolute Gasteiger partial charge is 0.326 e. The van der Waals surface area contributed by atoms with Crippen LogP contribution in [0.2, 0.25) is 0 Å². The molecular weight excluding hydrogens is 502 g/mol. The van der Waals surface area contributed by atoms with Crippen LogP contribution >= 0.6 is 0 Å². The number of hydrogen-bond acceptors (Lipinski definition) is 6. The molecule has 3 amide bonds. The number of hydrogen-bond donors (Lipinski definition) is 1. The number of para-hydroxylation sites is 1. The number of nitrogens with zero attached hydrogens (tertiary/aromatic N) is 6. The summed E-state index contributed by atoms with van der Waals surface area (Å²) in [7, 11) is 3.88. The lowest BCUT2D eigenvalue weighted by Gasteiger charge is -2.43. The molecule has 0 saturated carbocycles. The zero-order valence-corrected chi connectivity index (χ0v) is 22.9. The van der Waals surface area contributed by atoms with Crippen molar-refractivity contribution in [3.63, 3.8) is 0 Å². The van der Waals surface area contributed by atoms with Gasteiger partial charge in [0.05, 0.1) is 12.6 Å². The van der Waals surface area contributed by atoms with Gasteiger partial charge in [-0.25, -0.2) is 9.78 Å². The molecule has 4 heterocycles. The maximum atomic E-state index is 13.6. The van der Waals surface area contributed by atoms with E-state index < -0.39 is 0 Å². The average molecular weight is 536 g/mol. The van der Waals surface area contributed by atoms with E-state index in [4.69, 9.17) is 4.98 Å². The SMILES string of the molecule is C=CC(=O)N1CCC(N2Cc3cnc(Nc4ccc(C5=CCN(C)CC5)cc4)nc3N(C)C2=O)c2ccccc21. The zero-order chi connectivity index (χ0) is 27.8. The Morgan fingerprint density at radius 1 is 1.10 bits per heavy atom. The standard InChI is InChI=1S/C31H33N7O2/c1-4-28(39)37-18-15-27(25-7-5-6-8-26(25)37)38-20-23-19-32-30(34-29(23)36(3)31(38)40)33-24-11-9-21(10-12-24)22-13-16-35(2)17-14-22/h4-13,19,27H,1,14-18,20H2,2-3H3,(H,32,33,34). The van der Waals surface area contributed by atoms with Crippen LogP contribution in [0.3, 0.4) is 0 Å². The Labute approximate surface area is 234 Å². The van der Waals surface area contributed by atoms with E-state index in [-0.39, 0.29) is 18.0 Å². The number of aromatic nitrogens is 2. The van der Waals surface area contributed by atoms with Crippen molar-refractivity contribution < 1.29 is 9.59 Å². The van der Waals surface area contributed by atoms with Crippen molar-refractivity contribution in [3.8, 4) is 0 Å². The molecule has 0 spiro atoms. The number of fused-ring (bicyclic) bond motifs is 2. The Bertz CT molecular complexity index is 1500. The highest BCUT2D eigenvalue weighted by Gasteiger charge is 2.38. The molecule has 0 fully saturated rings. The van der Waals surface area contributed by atoms with Crippen molar-refractivity contribution in [2.45, 2.75) is 25.4 Å². The summed E-state index contributed by atoms with van der Waals surface area (Å²) in [6.45, 7) is 6.59. The molecular formula is C31H33N7O2. The van der Waals surface area contributed by atoms with Crippen LogP contribution < -0.4 is 15.1 Å². The van der Waals surface area contributed by atoms with Crippen LogP contribution in [0.5, 0.6) is 0 Å². The maximum absolute atomic E-state index is 13.6. The smallest absolute Gasteiger partial charge is 0.324 e. The number of rotatable bonds is 5. The summed E-state index contributed by atoms with van der Waals surface area (Å²) in [5, 5.41) is 3.29. The van der Waals surface area contributed by atoms with Gasteiger partial charge in [0.2, 0.25) is 11.9 Å². The second kappa shape index (κ2) is 10.6. The molecule has 0 radical (unpaired) electrons. The highest BCUT2D eigenvalue weighted by atomic mass is 16.2. The molecule has 1 unspecified atom stereocenters. The van der Waals surface area contributed by atoms with Gasteiger partial charge >= 0.3 is 6.03 Å². The van der Waals surface area contributed by atoms with Gasteiger partial charge < -0.3 is 20.0 Å². The predicted molar refractivity (Wildman–Crippen MR) is 158 cm³/mol. The second-order valence-corrected chi connectivity index (χ2v) is 10.5. The Kier molecular flexibility index (Phi) is 6.81. The van der Waals surface area contributed by atoms with Gasteiger partial charge in [0.15, 0.2) is 0 Å². The number of nitrogens with one attached hydrogen (secondary N) is 1. The third-order valence-electron chi connectivity index (χ3n) is 7.99. The number of amides is 3. The summed E-state index contributed by atoms with van der Waals surface area (Å²) in [5.41, 5.74) is 6.14. The zero-order valence-electron chi connectivity index (χ0n) is 22.9. The minimum Gasteiger partial charge on any atom is -0.324 e. The van der Waals surface area contributed by atoms with Crippen LogP contribution in [0.4, 0.5) is 27.9 Å². The molecule has 3 aromatic rings. The molecule has 1 atom stereocenters. The third kappa shape index (κ3) is 4.73. The van der Waals surface area contributed by atoms with Gasteiger partial charge in [0.1, 0.15) is 5.82 Å². The van der Waals surface area contributed by atoms with Gasteiger partial charge in [-0.15, -0.1) is 0 Å². The summed E-state index contributed by atoms with van der Waals surface area (Å²) in [6.07, 6.45) is 7.09. The van der Waals surface area contributed by atoms with Crippen LogP contribution in [0.1, 0.15) is 35.6 Å². The molecule has 0 bridgehead atoms. The topological polar surface area (TPSA) is 84.9 Å². The summed E-state index contributed by atoms with van der Waals surface area (Å²) >= 11 is 0. The van der Waals surface area contributed by atoms with Gasteiger partial charge in [-0.3, -0.25) is 9.69 Å². The van der Waals surface area contributed by atoms with Crippen LogP contribution in [-0.4, -0.2) is 65.4 Å². The molecule has 0 saturated heterocycles. The lowest BCUT2D eigenvalue weighted by atomic mass is 9.94. The first-order valence-corrected chi connectivity index (χ1v) is 13.6. The Morgan fingerprint density at radius 2 is 1.90 bits per heavy atom. The second-order valence-electron chi connectivity index (χ2n) is 10.5. The van der Waals surface area contributed by atoms with Gasteiger partial charge in [0, 0.05) is 49.8 Å². The molecule has 0 aliphatic carbocycles. The number of urea groups is 1. The lowest BCUT2D eigenvalue weighted by molar-refractivity contribution is -0.114. The number of likely N-dealkylation sites (N-methyl/N-ethyl adjacent to an activating group) is 1. The van der Waals surface area contributed by atoms with Gasteiger partial charge in [-0.1, -0.05) is 43.0 Å². The van der Waals surface area contributed by atoms with Crippen molar-refractivity contribution in [2.24, 2.45) is 0 Å². The molecule has 204 valence electrons. The monoisotopic (exact) mass is 535 g/mol. The molecule has 9 heteroatoms. The number of carbonyl (C=O) groups is 2. The molecule has 6 rings (SSSR count). The van der Waals surface area contributed by atoms with Crippen molar-refractivity contribution in [1.82, 2.24) is 19.8 Å². The van der Waals surface area contributed by atoms with E-state index in [9.17, 15) is 9.59 Å². The molecule has 40 heavy (non-hydrogen) atoms. The first-order chi connectivity index (χ1) is 19.4. The third-order valence-corrected chi connectivity index (χ3v) is 7.99. The van der Waals surface area contributed by atoms with Crippen molar-refractivity contribution in [1.29, 1.82) is 0 Å². The summed E-state index contributed by atoms with van der Waals surface area (Å²) < 4.78 is 0. The van der Waals surface area contributed by atoms with Crippen LogP contribution in [0.15, 0.2) is 73.5 Å². The van der Waals surface area contributed by atoms with E-state index in [1.807, 2.05) is 41.3 Å². The molecule has 3 aliphatic rings. The van der Waals surface area contributed by atoms with Crippen LogP contribution in [0.25, 0.3) is 5.57 Å². The minimum atomic E-state index is -0.163. The van der Waals surface area contributed by atoms with E-state index in [1.54, 1.807) is 23.0 Å². The molecule has 1 N–H and O–H groups in total. The van der Waals surface area contributed by atoms with E-state index in [0.717, 1.165) is 42.0 Å². The Morgan fingerprint density at radius 3 is 2.65 bits per heavy atom. The summed E-state index contributed by atoms with van der Waals surface area (Å²) in [4.78, 5) is 42.8. The van der Waals surface area contributed by atoms with Crippen molar-refractivity contribution >= 4 is 40.7 Å². The van der Waals surface area contributed by atoms with Crippen molar-refractivity contribution in [2.75, 3.05) is 48.8 Å². The lowest BCUT2D eigenvalue weighted by Crippen LogP contribution is -2.49. The van der Waals surface area contributed by atoms with E-state index in [0.29, 0.717) is 31.3 Å². The summed E-state index contributed by atoms with van der Waals surface area (Å²) in [5.74, 6) is 0.902. The Balaban J connectivity index is 1.20. The molecule has 2 aromatic carbocycles. The van der Waals surface area contributed by atoms with Gasteiger partial charge in [-0.2, -0.15) is 4.98 Å².